The van der Waals surface area contributed by atoms with Crippen LogP contribution in [0.25, 0.3) is 0 Å². The fourth-order valence-electron chi connectivity index (χ4n) is 2.71. The highest BCUT2D eigenvalue weighted by atomic mass is 16.5. The van der Waals surface area contributed by atoms with Gasteiger partial charge in [-0.15, -0.1) is 0 Å². The number of benzene rings is 3. The van der Waals surface area contributed by atoms with Crippen LogP contribution in [0.15, 0.2) is 78.9 Å². The minimum Gasteiger partial charge on any atom is -0.493 e. The molecule has 2 N–H and O–H groups in total. The van der Waals surface area contributed by atoms with E-state index in [1.165, 1.54) is 0 Å². The summed E-state index contributed by atoms with van der Waals surface area (Å²) in [5.74, 6) is 1.25. The molecule has 31 heavy (non-hydrogen) atoms. The zero-order valence-corrected chi connectivity index (χ0v) is 17.6. The quantitative estimate of drug-likeness (QED) is 0.513. The van der Waals surface area contributed by atoms with Gasteiger partial charge in [-0.1, -0.05) is 38.1 Å². The number of hydrogen-bond acceptors (Lipinski definition) is 4. The van der Waals surface area contributed by atoms with E-state index in [0.29, 0.717) is 35.2 Å². The van der Waals surface area contributed by atoms with Crippen molar-refractivity contribution >= 4 is 23.2 Å². The van der Waals surface area contributed by atoms with Crippen molar-refractivity contribution in [3.8, 4) is 11.5 Å². The number of carbonyl (C=O) groups excluding carboxylic acids is 2. The fraction of sp³-hybridized carbons (Fsp3) is 0.200. The van der Waals surface area contributed by atoms with Crippen molar-refractivity contribution in [1.29, 1.82) is 0 Å². The van der Waals surface area contributed by atoms with Crippen LogP contribution in [0.1, 0.15) is 24.2 Å². The number of amides is 2. The first-order chi connectivity index (χ1) is 15.0. The van der Waals surface area contributed by atoms with E-state index in [2.05, 4.69) is 24.5 Å². The average Bonchev–Trinajstić information content (AvgIpc) is 2.77. The first-order valence-corrected chi connectivity index (χ1v) is 10.1. The summed E-state index contributed by atoms with van der Waals surface area (Å²) in [5, 5.41) is 5.60. The van der Waals surface area contributed by atoms with Gasteiger partial charge in [0.2, 0.25) is 0 Å². The first kappa shape index (κ1) is 21.9. The minimum absolute atomic E-state index is 0.105. The van der Waals surface area contributed by atoms with Crippen molar-refractivity contribution in [1.82, 2.24) is 0 Å². The van der Waals surface area contributed by atoms with Gasteiger partial charge in [0.05, 0.1) is 6.61 Å². The molecule has 0 aliphatic heterocycles. The molecule has 0 saturated carbocycles. The molecule has 0 unspecified atom stereocenters. The second kappa shape index (κ2) is 10.8. The molecular weight excluding hydrogens is 392 g/mol. The van der Waals surface area contributed by atoms with Crippen LogP contribution in [0, 0.1) is 5.92 Å². The predicted molar refractivity (Wildman–Crippen MR) is 122 cm³/mol. The van der Waals surface area contributed by atoms with Crippen molar-refractivity contribution in [2.24, 2.45) is 5.92 Å². The van der Waals surface area contributed by atoms with Gasteiger partial charge in [0, 0.05) is 16.9 Å². The third-order valence-electron chi connectivity index (χ3n) is 4.22. The molecule has 3 rings (SSSR count). The Morgan fingerprint density at radius 2 is 1.42 bits per heavy atom. The molecule has 0 heterocycles. The molecule has 0 atom stereocenters. The Kier molecular flexibility index (Phi) is 7.65. The molecule has 0 bridgehead atoms. The van der Waals surface area contributed by atoms with Crippen LogP contribution in [0.5, 0.6) is 11.5 Å². The second-order valence-electron chi connectivity index (χ2n) is 7.41. The number of nitrogens with one attached hydrogen (secondary N) is 2. The molecule has 0 aromatic heterocycles. The van der Waals surface area contributed by atoms with Gasteiger partial charge in [0.1, 0.15) is 11.5 Å². The van der Waals surface area contributed by atoms with Gasteiger partial charge in [0.15, 0.2) is 6.61 Å². The van der Waals surface area contributed by atoms with Crippen LogP contribution in [0.4, 0.5) is 11.4 Å². The van der Waals surface area contributed by atoms with Crippen molar-refractivity contribution in [3.05, 3.63) is 84.4 Å². The van der Waals surface area contributed by atoms with Crippen LogP contribution in [0.3, 0.4) is 0 Å². The summed E-state index contributed by atoms with van der Waals surface area (Å²) in [7, 11) is 0. The number of rotatable bonds is 9. The maximum absolute atomic E-state index is 12.5. The molecule has 2 amide bonds. The Labute approximate surface area is 182 Å². The summed E-state index contributed by atoms with van der Waals surface area (Å²) in [5.41, 5.74) is 1.66. The molecule has 0 radical (unpaired) electrons. The summed E-state index contributed by atoms with van der Waals surface area (Å²) in [4.78, 5) is 24.7. The number of carbonyl (C=O) groups is 2. The van der Waals surface area contributed by atoms with Gasteiger partial charge in [-0.25, -0.2) is 0 Å². The molecule has 6 nitrogen and oxygen atoms in total. The maximum Gasteiger partial charge on any atom is 0.262 e. The molecular formula is C25H26N2O4. The minimum atomic E-state index is -0.288. The van der Waals surface area contributed by atoms with Crippen LogP contribution >= 0.6 is 0 Å². The van der Waals surface area contributed by atoms with E-state index >= 15 is 0 Å². The number of para-hydroxylation sites is 1. The van der Waals surface area contributed by atoms with E-state index in [4.69, 9.17) is 9.47 Å². The van der Waals surface area contributed by atoms with Gasteiger partial charge >= 0.3 is 0 Å². The Bertz CT molecular complexity index is 1000. The smallest absolute Gasteiger partial charge is 0.262 e. The van der Waals surface area contributed by atoms with E-state index in [1.807, 2.05) is 18.2 Å². The van der Waals surface area contributed by atoms with E-state index in [0.717, 1.165) is 5.75 Å². The Morgan fingerprint density at radius 3 is 2.10 bits per heavy atom. The molecule has 0 aliphatic carbocycles. The maximum atomic E-state index is 12.5. The lowest BCUT2D eigenvalue weighted by atomic mass is 10.2. The van der Waals surface area contributed by atoms with E-state index in [-0.39, 0.29) is 18.4 Å². The van der Waals surface area contributed by atoms with Crippen molar-refractivity contribution in [2.45, 2.75) is 13.8 Å². The largest absolute Gasteiger partial charge is 0.493 e. The SMILES string of the molecule is CC(C)COc1ccc(C(=O)Nc2cccc(NC(=O)COc3ccccc3)c2)cc1. The van der Waals surface area contributed by atoms with Gasteiger partial charge in [-0.05, 0) is 60.5 Å². The average molecular weight is 418 g/mol. The summed E-state index contributed by atoms with van der Waals surface area (Å²) in [6.45, 7) is 4.68. The molecule has 3 aromatic rings. The summed E-state index contributed by atoms with van der Waals surface area (Å²) < 4.78 is 11.1. The van der Waals surface area contributed by atoms with E-state index < -0.39 is 0 Å². The number of anilines is 2. The molecule has 6 heteroatoms. The zero-order valence-electron chi connectivity index (χ0n) is 17.6. The van der Waals surface area contributed by atoms with E-state index in [9.17, 15) is 9.59 Å². The van der Waals surface area contributed by atoms with Gasteiger partial charge < -0.3 is 20.1 Å². The monoisotopic (exact) mass is 418 g/mol. The van der Waals surface area contributed by atoms with Crippen molar-refractivity contribution in [3.63, 3.8) is 0 Å². The molecule has 3 aromatic carbocycles. The number of ether oxygens (including phenoxy) is 2. The fourth-order valence-corrected chi connectivity index (χ4v) is 2.71. The highest BCUT2D eigenvalue weighted by Gasteiger charge is 2.09. The lowest BCUT2D eigenvalue weighted by Gasteiger charge is -2.11. The molecule has 0 fully saturated rings. The molecule has 160 valence electrons. The zero-order chi connectivity index (χ0) is 22.1. The lowest BCUT2D eigenvalue weighted by molar-refractivity contribution is -0.118. The highest BCUT2D eigenvalue weighted by Crippen LogP contribution is 2.18. The van der Waals surface area contributed by atoms with Crippen LogP contribution in [-0.4, -0.2) is 25.0 Å². The Balaban J connectivity index is 1.53. The van der Waals surface area contributed by atoms with E-state index in [1.54, 1.807) is 60.7 Å². The molecule has 0 saturated heterocycles. The lowest BCUT2D eigenvalue weighted by Crippen LogP contribution is -2.20. The highest BCUT2D eigenvalue weighted by molar-refractivity contribution is 6.04. The topological polar surface area (TPSA) is 76.7 Å². The van der Waals surface area contributed by atoms with Crippen molar-refractivity contribution < 1.29 is 19.1 Å². The standard InChI is InChI=1S/C25H26N2O4/c1-18(2)16-30-23-13-11-19(12-14-23)25(29)27-21-8-6-7-20(15-21)26-24(28)17-31-22-9-4-3-5-10-22/h3-15,18H,16-17H2,1-2H3,(H,26,28)(H,27,29). The van der Waals surface area contributed by atoms with Crippen LogP contribution < -0.4 is 20.1 Å². The Morgan fingerprint density at radius 1 is 0.774 bits per heavy atom. The van der Waals surface area contributed by atoms with Crippen molar-refractivity contribution in [2.75, 3.05) is 23.8 Å². The third-order valence-corrected chi connectivity index (χ3v) is 4.22. The van der Waals surface area contributed by atoms with Crippen LogP contribution in [0.2, 0.25) is 0 Å². The van der Waals surface area contributed by atoms with Gasteiger partial charge in [-0.2, -0.15) is 0 Å². The van der Waals surface area contributed by atoms with Gasteiger partial charge in [0.25, 0.3) is 11.8 Å². The summed E-state index contributed by atoms with van der Waals surface area (Å²) in [6, 6.07) is 23.1. The number of hydrogen-bond donors (Lipinski definition) is 2. The summed E-state index contributed by atoms with van der Waals surface area (Å²) >= 11 is 0. The third kappa shape index (κ3) is 7.19. The van der Waals surface area contributed by atoms with Gasteiger partial charge in [-0.3, -0.25) is 9.59 Å². The van der Waals surface area contributed by atoms with Crippen LogP contribution in [-0.2, 0) is 4.79 Å². The predicted octanol–water partition coefficient (Wildman–Crippen LogP) is 4.99. The summed E-state index contributed by atoms with van der Waals surface area (Å²) in [6.07, 6.45) is 0. The second-order valence-corrected chi connectivity index (χ2v) is 7.41. The normalized spacial score (nSPS) is 10.4. The first-order valence-electron chi connectivity index (χ1n) is 10.1. The molecule has 0 aliphatic rings. The molecule has 0 spiro atoms. The Hall–Kier alpha value is -3.80.